The van der Waals surface area contributed by atoms with Crippen LogP contribution in [0.1, 0.15) is 27.7 Å². The van der Waals surface area contributed by atoms with E-state index in [0.717, 1.165) is 12.1 Å². The van der Waals surface area contributed by atoms with Gasteiger partial charge in [-0.3, -0.25) is 4.79 Å². The summed E-state index contributed by atoms with van der Waals surface area (Å²) in [5, 5.41) is 8.09. The number of hydrogen-bond acceptors (Lipinski definition) is 3. The molecule has 0 saturated heterocycles. The van der Waals surface area contributed by atoms with Crippen molar-refractivity contribution in [1.29, 1.82) is 0 Å². The first-order valence-corrected chi connectivity index (χ1v) is 7.24. The minimum atomic E-state index is -0.0413. The van der Waals surface area contributed by atoms with Gasteiger partial charge in [0.25, 0.3) is 5.91 Å². The summed E-state index contributed by atoms with van der Waals surface area (Å²) in [4.78, 5) is 13.4. The summed E-state index contributed by atoms with van der Waals surface area (Å²) in [6.45, 7) is 2.72. The molecule has 1 heterocycles. The largest absolute Gasteiger partial charge is 0.387 e. The zero-order valence-electron chi connectivity index (χ0n) is 11.2. The van der Waals surface area contributed by atoms with Crippen LogP contribution in [0.15, 0.2) is 35.7 Å². The van der Waals surface area contributed by atoms with Gasteiger partial charge in [-0.1, -0.05) is 19.1 Å². The van der Waals surface area contributed by atoms with Crippen molar-refractivity contribution in [2.45, 2.75) is 19.9 Å². The molecule has 3 nitrogen and oxygen atoms in total. The quantitative estimate of drug-likeness (QED) is 0.878. The number of amides is 1. The lowest BCUT2D eigenvalue weighted by atomic mass is 10.1. The van der Waals surface area contributed by atoms with Crippen LogP contribution < -0.4 is 10.6 Å². The Bertz CT molecular complexity index is 563. The van der Waals surface area contributed by atoms with Gasteiger partial charge in [0.05, 0.1) is 12.1 Å². The van der Waals surface area contributed by atoms with Crippen molar-refractivity contribution in [2.24, 2.45) is 0 Å². The molecule has 1 aromatic heterocycles. The molecule has 2 rings (SSSR count). The van der Waals surface area contributed by atoms with Crippen molar-refractivity contribution < 1.29 is 4.79 Å². The van der Waals surface area contributed by atoms with Crippen LogP contribution in [-0.2, 0) is 13.0 Å². The van der Waals surface area contributed by atoms with Gasteiger partial charge in [0.15, 0.2) is 0 Å². The van der Waals surface area contributed by atoms with Gasteiger partial charge in [-0.15, -0.1) is 11.3 Å². The molecule has 0 saturated carbocycles. The Labute approximate surface area is 117 Å². The number of nitrogens with one attached hydrogen (secondary N) is 2. The lowest BCUT2D eigenvalue weighted by Crippen LogP contribution is -2.23. The fourth-order valence-corrected chi connectivity index (χ4v) is 2.91. The van der Waals surface area contributed by atoms with Crippen molar-refractivity contribution in [1.82, 2.24) is 5.32 Å². The summed E-state index contributed by atoms with van der Waals surface area (Å²) in [5.74, 6) is -0.0413. The number of rotatable bonds is 5. The van der Waals surface area contributed by atoms with Gasteiger partial charge in [0, 0.05) is 17.6 Å². The first-order valence-electron chi connectivity index (χ1n) is 6.36. The number of benzene rings is 1. The molecular formula is C15H18N2OS. The van der Waals surface area contributed by atoms with Crippen LogP contribution in [0.5, 0.6) is 0 Å². The fraction of sp³-hybridized carbons (Fsp3) is 0.267. The molecule has 2 N–H and O–H groups in total. The van der Waals surface area contributed by atoms with Gasteiger partial charge < -0.3 is 10.6 Å². The third kappa shape index (κ3) is 3.15. The SMILES string of the molecule is CCc1ccsc1CNC(=O)c1ccccc1NC. The first-order chi connectivity index (χ1) is 9.26. The highest BCUT2D eigenvalue weighted by molar-refractivity contribution is 7.10. The van der Waals surface area contributed by atoms with Gasteiger partial charge in [0.2, 0.25) is 0 Å². The second-order valence-corrected chi connectivity index (χ2v) is 5.20. The van der Waals surface area contributed by atoms with Gasteiger partial charge in [-0.2, -0.15) is 0 Å². The minimum Gasteiger partial charge on any atom is -0.387 e. The maximum Gasteiger partial charge on any atom is 0.253 e. The summed E-state index contributed by atoms with van der Waals surface area (Å²) in [6, 6.07) is 9.64. The van der Waals surface area contributed by atoms with E-state index in [1.807, 2.05) is 31.3 Å². The van der Waals surface area contributed by atoms with E-state index in [2.05, 4.69) is 29.0 Å². The Morgan fingerprint density at radius 3 is 2.79 bits per heavy atom. The normalized spacial score (nSPS) is 10.2. The zero-order valence-corrected chi connectivity index (χ0v) is 12.0. The van der Waals surface area contributed by atoms with Gasteiger partial charge in [-0.25, -0.2) is 0 Å². The van der Waals surface area contributed by atoms with Crippen LogP contribution in [0.2, 0.25) is 0 Å². The summed E-state index contributed by atoms with van der Waals surface area (Å²) in [7, 11) is 1.82. The molecule has 2 aromatic rings. The Kier molecular flexibility index (Phi) is 4.58. The predicted octanol–water partition coefficient (Wildman–Crippen LogP) is 3.28. The lowest BCUT2D eigenvalue weighted by molar-refractivity contribution is 0.0952. The van der Waals surface area contributed by atoms with Crippen molar-refractivity contribution in [3.63, 3.8) is 0 Å². The van der Waals surface area contributed by atoms with Crippen LogP contribution in [0, 0.1) is 0 Å². The van der Waals surface area contributed by atoms with E-state index >= 15 is 0 Å². The number of hydrogen-bond donors (Lipinski definition) is 2. The number of para-hydroxylation sites is 1. The van der Waals surface area contributed by atoms with Gasteiger partial charge >= 0.3 is 0 Å². The molecule has 0 unspecified atom stereocenters. The van der Waals surface area contributed by atoms with Crippen molar-refractivity contribution in [3.8, 4) is 0 Å². The molecule has 0 fully saturated rings. The van der Waals surface area contributed by atoms with Crippen molar-refractivity contribution >= 4 is 22.9 Å². The predicted molar refractivity (Wildman–Crippen MR) is 80.9 cm³/mol. The number of carbonyl (C=O) groups is 1. The number of carbonyl (C=O) groups excluding carboxylic acids is 1. The fourth-order valence-electron chi connectivity index (χ4n) is 1.99. The number of anilines is 1. The van der Waals surface area contributed by atoms with E-state index in [9.17, 15) is 4.79 Å². The molecule has 19 heavy (non-hydrogen) atoms. The third-order valence-electron chi connectivity index (χ3n) is 3.07. The van der Waals surface area contributed by atoms with Crippen LogP contribution in [-0.4, -0.2) is 13.0 Å². The average molecular weight is 274 g/mol. The highest BCUT2D eigenvalue weighted by atomic mass is 32.1. The van der Waals surface area contributed by atoms with Crippen LogP contribution in [0.4, 0.5) is 5.69 Å². The molecule has 1 amide bonds. The summed E-state index contributed by atoms with van der Waals surface area (Å²) >= 11 is 1.69. The van der Waals surface area contributed by atoms with Crippen LogP contribution in [0.25, 0.3) is 0 Å². The van der Waals surface area contributed by atoms with E-state index in [4.69, 9.17) is 0 Å². The lowest BCUT2D eigenvalue weighted by Gasteiger charge is -2.09. The Hall–Kier alpha value is -1.81. The molecule has 0 spiro atoms. The zero-order chi connectivity index (χ0) is 13.7. The summed E-state index contributed by atoms with van der Waals surface area (Å²) in [5.41, 5.74) is 2.84. The standard InChI is InChI=1S/C15H18N2OS/c1-3-11-8-9-19-14(11)10-17-15(18)12-6-4-5-7-13(12)16-2/h4-9,16H,3,10H2,1-2H3,(H,17,18). The molecule has 1 aromatic carbocycles. The van der Waals surface area contributed by atoms with E-state index in [0.29, 0.717) is 12.1 Å². The van der Waals surface area contributed by atoms with Crippen molar-refractivity contribution in [3.05, 3.63) is 51.7 Å². The molecule has 0 aliphatic heterocycles. The molecule has 100 valence electrons. The Morgan fingerprint density at radius 1 is 1.26 bits per heavy atom. The van der Waals surface area contributed by atoms with E-state index in [1.54, 1.807) is 11.3 Å². The second-order valence-electron chi connectivity index (χ2n) is 4.20. The molecular weight excluding hydrogens is 256 g/mol. The Balaban J connectivity index is 2.05. The maximum atomic E-state index is 12.2. The molecule has 0 bridgehead atoms. The highest BCUT2D eigenvalue weighted by Gasteiger charge is 2.10. The van der Waals surface area contributed by atoms with Crippen LogP contribution in [0.3, 0.4) is 0 Å². The molecule has 0 atom stereocenters. The van der Waals surface area contributed by atoms with Gasteiger partial charge in [-0.05, 0) is 35.6 Å². The molecule has 0 aliphatic carbocycles. The first kappa shape index (κ1) is 13.6. The highest BCUT2D eigenvalue weighted by Crippen LogP contribution is 2.18. The van der Waals surface area contributed by atoms with E-state index < -0.39 is 0 Å². The third-order valence-corrected chi connectivity index (χ3v) is 4.03. The van der Waals surface area contributed by atoms with E-state index in [-0.39, 0.29) is 5.91 Å². The van der Waals surface area contributed by atoms with Crippen LogP contribution >= 0.6 is 11.3 Å². The monoisotopic (exact) mass is 274 g/mol. The maximum absolute atomic E-state index is 12.2. The Morgan fingerprint density at radius 2 is 2.05 bits per heavy atom. The van der Waals surface area contributed by atoms with Crippen molar-refractivity contribution in [2.75, 3.05) is 12.4 Å². The number of thiophene rings is 1. The smallest absolute Gasteiger partial charge is 0.253 e. The summed E-state index contributed by atoms with van der Waals surface area (Å²) < 4.78 is 0. The second kappa shape index (κ2) is 6.38. The number of aryl methyl sites for hydroxylation is 1. The summed E-state index contributed by atoms with van der Waals surface area (Å²) in [6.07, 6.45) is 1.00. The topological polar surface area (TPSA) is 41.1 Å². The average Bonchev–Trinajstić information content (AvgIpc) is 2.92. The molecule has 0 radical (unpaired) electrons. The van der Waals surface area contributed by atoms with Gasteiger partial charge in [0.1, 0.15) is 0 Å². The molecule has 4 heteroatoms. The molecule has 0 aliphatic rings. The van der Waals surface area contributed by atoms with E-state index in [1.165, 1.54) is 10.4 Å². The minimum absolute atomic E-state index is 0.0413.